The van der Waals surface area contributed by atoms with Crippen molar-refractivity contribution in [3.63, 3.8) is 0 Å². The summed E-state index contributed by atoms with van der Waals surface area (Å²) in [7, 11) is 0. The Balaban J connectivity index is 2.21. The molecule has 0 amide bonds. The number of carbonyl (C=O) groups is 1. The molecule has 96 valence electrons. The third-order valence-corrected chi connectivity index (χ3v) is 2.65. The molecule has 2 rings (SSSR count). The summed E-state index contributed by atoms with van der Waals surface area (Å²) >= 11 is 0. The number of carbonyl (C=O) groups excluding carboxylic acids is 1. The van der Waals surface area contributed by atoms with Crippen LogP contribution in [0.1, 0.15) is 23.2 Å². The lowest BCUT2D eigenvalue weighted by atomic mass is 10.2. The zero-order valence-corrected chi connectivity index (χ0v) is 9.44. The Morgan fingerprint density at radius 2 is 2.17 bits per heavy atom. The number of hydrogen-bond donors (Lipinski definition) is 0. The number of hydrogen-bond acceptors (Lipinski definition) is 2. The maximum absolute atomic E-state index is 12.1. The van der Waals surface area contributed by atoms with Crippen LogP contribution in [0.15, 0.2) is 24.5 Å². The Bertz CT molecular complexity index is 560. The van der Waals surface area contributed by atoms with Crippen molar-refractivity contribution in [1.29, 1.82) is 0 Å². The van der Waals surface area contributed by atoms with E-state index in [1.807, 2.05) is 0 Å². The van der Waals surface area contributed by atoms with Gasteiger partial charge in [-0.2, -0.15) is 13.2 Å². The molecule has 0 saturated carbocycles. The molecule has 3 nitrogen and oxygen atoms in total. The highest BCUT2D eigenvalue weighted by Gasteiger charge is 2.26. The fourth-order valence-corrected chi connectivity index (χ4v) is 1.86. The summed E-state index contributed by atoms with van der Waals surface area (Å²) in [6.45, 7) is 0.195. The van der Waals surface area contributed by atoms with E-state index in [1.54, 1.807) is 29.1 Å². The molecule has 0 radical (unpaired) electrons. The number of alkyl halides is 3. The number of rotatable bonds is 4. The quantitative estimate of drug-likeness (QED) is 0.787. The van der Waals surface area contributed by atoms with Gasteiger partial charge in [-0.25, -0.2) is 4.98 Å². The highest BCUT2D eigenvalue weighted by Crippen LogP contribution is 2.23. The van der Waals surface area contributed by atoms with Gasteiger partial charge in [0.2, 0.25) is 0 Å². The van der Waals surface area contributed by atoms with Gasteiger partial charge in [-0.15, -0.1) is 0 Å². The Kier molecular flexibility index (Phi) is 3.36. The molecule has 0 aliphatic heterocycles. The summed E-state index contributed by atoms with van der Waals surface area (Å²) in [5, 5.41) is 0.666. The first-order valence-electron chi connectivity index (χ1n) is 5.47. The smallest absolute Gasteiger partial charge is 0.332 e. The van der Waals surface area contributed by atoms with Crippen LogP contribution in [0.2, 0.25) is 0 Å². The van der Waals surface area contributed by atoms with E-state index in [-0.39, 0.29) is 13.0 Å². The molecule has 0 unspecified atom stereocenters. The molecule has 0 bridgehead atoms. The first-order chi connectivity index (χ1) is 8.51. The molecule has 2 aromatic heterocycles. The first kappa shape index (κ1) is 12.6. The minimum Gasteiger partial charge on any atom is -0.332 e. The van der Waals surface area contributed by atoms with Gasteiger partial charge in [-0.1, -0.05) is 0 Å². The van der Waals surface area contributed by atoms with Gasteiger partial charge in [0.25, 0.3) is 0 Å². The summed E-state index contributed by atoms with van der Waals surface area (Å²) in [5.41, 5.74) is 0.992. The van der Waals surface area contributed by atoms with Crippen LogP contribution in [0, 0.1) is 0 Å². The lowest BCUT2D eigenvalue weighted by Crippen LogP contribution is -2.09. The third-order valence-electron chi connectivity index (χ3n) is 2.65. The van der Waals surface area contributed by atoms with Crippen LogP contribution in [0.3, 0.4) is 0 Å². The van der Waals surface area contributed by atoms with Gasteiger partial charge < -0.3 is 4.57 Å². The molecule has 0 spiro atoms. The Labute approximate surface area is 101 Å². The predicted molar refractivity (Wildman–Crippen MR) is 60.4 cm³/mol. The van der Waals surface area contributed by atoms with Gasteiger partial charge in [-0.05, 0) is 18.6 Å². The summed E-state index contributed by atoms with van der Waals surface area (Å²) in [5.74, 6) is 0. The van der Waals surface area contributed by atoms with Crippen LogP contribution in [-0.2, 0) is 6.54 Å². The zero-order chi connectivity index (χ0) is 13.2. The number of fused-ring (bicyclic) bond motifs is 1. The molecule has 0 aliphatic rings. The van der Waals surface area contributed by atoms with Crippen molar-refractivity contribution in [3.05, 3.63) is 30.1 Å². The van der Waals surface area contributed by atoms with Crippen molar-refractivity contribution in [2.45, 2.75) is 25.6 Å². The predicted octanol–water partition coefficient (Wildman–Crippen LogP) is 3.19. The second kappa shape index (κ2) is 4.80. The number of pyridine rings is 1. The monoisotopic (exact) mass is 256 g/mol. The Hall–Kier alpha value is -1.85. The number of halogens is 3. The van der Waals surface area contributed by atoms with Gasteiger partial charge in [-0.3, -0.25) is 4.79 Å². The van der Waals surface area contributed by atoms with Crippen molar-refractivity contribution >= 4 is 17.3 Å². The average Bonchev–Trinajstić information content (AvgIpc) is 2.66. The lowest BCUT2D eigenvalue weighted by Gasteiger charge is -2.07. The molecule has 2 heterocycles. The third kappa shape index (κ3) is 2.69. The molecule has 0 aliphatic carbocycles. The van der Waals surface area contributed by atoms with Crippen molar-refractivity contribution in [3.8, 4) is 0 Å². The largest absolute Gasteiger partial charge is 0.389 e. The minimum absolute atomic E-state index is 0.0256. The van der Waals surface area contributed by atoms with E-state index < -0.39 is 12.6 Å². The van der Waals surface area contributed by atoms with Crippen molar-refractivity contribution in [1.82, 2.24) is 9.55 Å². The van der Waals surface area contributed by atoms with Gasteiger partial charge >= 0.3 is 6.18 Å². The highest BCUT2D eigenvalue weighted by molar-refractivity contribution is 5.95. The Morgan fingerprint density at radius 1 is 1.39 bits per heavy atom. The molecule has 0 N–H and O–H groups in total. The second-order valence-electron chi connectivity index (χ2n) is 3.99. The summed E-state index contributed by atoms with van der Waals surface area (Å²) < 4.78 is 37.8. The number of aromatic nitrogens is 2. The van der Waals surface area contributed by atoms with E-state index in [0.29, 0.717) is 22.9 Å². The average molecular weight is 256 g/mol. The topological polar surface area (TPSA) is 34.9 Å². The van der Waals surface area contributed by atoms with Crippen molar-refractivity contribution < 1.29 is 18.0 Å². The summed E-state index contributed by atoms with van der Waals surface area (Å²) in [4.78, 5) is 14.9. The Morgan fingerprint density at radius 3 is 2.83 bits per heavy atom. The van der Waals surface area contributed by atoms with Crippen LogP contribution < -0.4 is 0 Å². The van der Waals surface area contributed by atoms with E-state index in [2.05, 4.69) is 4.98 Å². The highest BCUT2D eigenvalue weighted by atomic mass is 19.4. The van der Waals surface area contributed by atoms with E-state index in [0.717, 1.165) is 0 Å². The standard InChI is InChI=1S/C12H11F3N2O/c13-12(14,15)4-2-6-17-7-9(8-18)10-3-1-5-16-11(10)17/h1,3,5,7-8H,2,4,6H2. The van der Waals surface area contributed by atoms with Crippen LogP contribution in [0.5, 0.6) is 0 Å². The first-order valence-corrected chi connectivity index (χ1v) is 5.47. The van der Waals surface area contributed by atoms with Crippen LogP contribution in [0.4, 0.5) is 13.2 Å². The van der Waals surface area contributed by atoms with E-state index in [1.165, 1.54) is 0 Å². The van der Waals surface area contributed by atoms with E-state index in [4.69, 9.17) is 0 Å². The SMILES string of the molecule is O=Cc1cn(CCCC(F)(F)F)c2ncccc12. The summed E-state index contributed by atoms with van der Waals surface area (Å²) in [6, 6.07) is 3.42. The lowest BCUT2D eigenvalue weighted by molar-refractivity contribution is -0.135. The minimum atomic E-state index is -4.15. The molecular formula is C12H11F3N2O. The number of aryl methyl sites for hydroxylation is 1. The molecule has 0 saturated heterocycles. The van der Waals surface area contributed by atoms with E-state index in [9.17, 15) is 18.0 Å². The molecule has 6 heteroatoms. The molecule has 0 atom stereocenters. The molecule has 18 heavy (non-hydrogen) atoms. The fraction of sp³-hybridized carbons (Fsp3) is 0.333. The number of nitrogens with zero attached hydrogens (tertiary/aromatic N) is 2. The fourth-order valence-electron chi connectivity index (χ4n) is 1.86. The normalized spacial score (nSPS) is 11.9. The maximum atomic E-state index is 12.1. The van der Waals surface area contributed by atoms with Gasteiger partial charge in [0.05, 0.1) is 0 Å². The second-order valence-corrected chi connectivity index (χ2v) is 3.99. The molecular weight excluding hydrogens is 245 g/mol. The van der Waals surface area contributed by atoms with Gasteiger partial charge in [0.15, 0.2) is 6.29 Å². The van der Waals surface area contributed by atoms with Gasteiger partial charge in [0.1, 0.15) is 5.65 Å². The molecule has 0 fully saturated rings. The van der Waals surface area contributed by atoms with Gasteiger partial charge in [0, 0.05) is 36.3 Å². The maximum Gasteiger partial charge on any atom is 0.389 e. The zero-order valence-electron chi connectivity index (χ0n) is 9.44. The van der Waals surface area contributed by atoms with Crippen LogP contribution in [0.25, 0.3) is 11.0 Å². The van der Waals surface area contributed by atoms with Crippen LogP contribution in [-0.4, -0.2) is 22.0 Å². The van der Waals surface area contributed by atoms with Crippen LogP contribution >= 0.6 is 0 Å². The summed E-state index contributed by atoms with van der Waals surface area (Å²) in [6.07, 6.45) is -1.23. The van der Waals surface area contributed by atoms with Crippen molar-refractivity contribution in [2.75, 3.05) is 0 Å². The molecule has 0 aromatic carbocycles. The van der Waals surface area contributed by atoms with E-state index >= 15 is 0 Å². The van der Waals surface area contributed by atoms with Crippen molar-refractivity contribution in [2.24, 2.45) is 0 Å². The number of aldehydes is 1. The molecule has 2 aromatic rings.